The molecule has 2 heterocycles. The maximum Gasteiger partial charge on any atom is 0.239 e. The molecule has 144 valence electrons. The molecule has 6 heteroatoms. The number of hydrogen-bond donors (Lipinski definition) is 1. The standard InChI is InChI=1S/C20H29N3O2.ClH/c1-14(2)15-4-6-16(7-5-15)23-10-8-17(19(23)25)18(24)22-11-9-20(3,12-21)13-22;/h4-7,14,17H,8-13,21H2,1-3H3;1H. The third-order valence-electron chi connectivity index (χ3n) is 5.74. The second-order valence-corrected chi connectivity index (χ2v) is 8.10. The van der Waals surface area contributed by atoms with Crippen molar-refractivity contribution >= 4 is 29.9 Å². The van der Waals surface area contributed by atoms with Gasteiger partial charge in [0.15, 0.2) is 0 Å². The first kappa shape index (κ1) is 20.7. The fourth-order valence-corrected chi connectivity index (χ4v) is 3.80. The highest BCUT2D eigenvalue weighted by atomic mass is 35.5. The minimum Gasteiger partial charge on any atom is -0.341 e. The molecule has 3 rings (SSSR count). The van der Waals surface area contributed by atoms with E-state index >= 15 is 0 Å². The smallest absolute Gasteiger partial charge is 0.239 e. The van der Waals surface area contributed by atoms with Crippen molar-refractivity contribution in [2.45, 2.75) is 39.5 Å². The maximum absolute atomic E-state index is 12.8. The lowest BCUT2D eigenvalue weighted by Crippen LogP contribution is -2.40. The summed E-state index contributed by atoms with van der Waals surface area (Å²) in [6, 6.07) is 8.11. The average molecular weight is 380 g/mol. The van der Waals surface area contributed by atoms with Crippen molar-refractivity contribution in [1.29, 1.82) is 0 Å². The molecule has 2 fully saturated rings. The van der Waals surface area contributed by atoms with Crippen molar-refractivity contribution in [3.8, 4) is 0 Å². The average Bonchev–Trinajstić information content (AvgIpc) is 3.18. The van der Waals surface area contributed by atoms with Crippen LogP contribution in [-0.2, 0) is 9.59 Å². The van der Waals surface area contributed by atoms with Gasteiger partial charge in [0.2, 0.25) is 11.8 Å². The number of carbonyl (C=O) groups is 2. The second kappa shape index (κ2) is 7.97. The summed E-state index contributed by atoms with van der Waals surface area (Å²) in [4.78, 5) is 29.2. The number of hydrogen-bond acceptors (Lipinski definition) is 3. The molecule has 2 N–H and O–H groups in total. The number of amides is 2. The SMILES string of the molecule is CC(C)c1ccc(N2CCC(C(=O)N3CCC(C)(CN)C3)C2=O)cc1.Cl. The van der Waals surface area contributed by atoms with E-state index in [9.17, 15) is 9.59 Å². The first-order valence-corrected chi connectivity index (χ1v) is 9.25. The minimum atomic E-state index is -0.537. The van der Waals surface area contributed by atoms with Gasteiger partial charge in [-0.25, -0.2) is 0 Å². The third-order valence-corrected chi connectivity index (χ3v) is 5.74. The summed E-state index contributed by atoms with van der Waals surface area (Å²) in [6.45, 7) is 8.96. The molecule has 2 atom stereocenters. The van der Waals surface area contributed by atoms with Crippen LogP contribution in [0.2, 0.25) is 0 Å². The van der Waals surface area contributed by atoms with Crippen molar-refractivity contribution < 1.29 is 9.59 Å². The Morgan fingerprint density at radius 2 is 1.92 bits per heavy atom. The van der Waals surface area contributed by atoms with Gasteiger partial charge >= 0.3 is 0 Å². The van der Waals surface area contributed by atoms with Crippen LogP contribution < -0.4 is 10.6 Å². The number of halogens is 1. The topological polar surface area (TPSA) is 66.6 Å². The van der Waals surface area contributed by atoms with E-state index in [0.717, 1.165) is 12.1 Å². The molecular formula is C20H30ClN3O2. The van der Waals surface area contributed by atoms with Crippen molar-refractivity contribution in [1.82, 2.24) is 4.90 Å². The molecule has 0 aliphatic carbocycles. The molecule has 2 saturated heterocycles. The Labute approximate surface area is 162 Å². The lowest BCUT2D eigenvalue weighted by Gasteiger charge is -2.24. The highest BCUT2D eigenvalue weighted by Gasteiger charge is 2.43. The summed E-state index contributed by atoms with van der Waals surface area (Å²) in [6.07, 6.45) is 1.51. The van der Waals surface area contributed by atoms with E-state index in [1.54, 1.807) is 4.90 Å². The van der Waals surface area contributed by atoms with Gasteiger partial charge in [-0.1, -0.05) is 32.9 Å². The Kier molecular flexibility index (Phi) is 6.35. The van der Waals surface area contributed by atoms with Crippen LogP contribution in [0.1, 0.15) is 45.1 Å². The van der Waals surface area contributed by atoms with Gasteiger partial charge in [-0.3, -0.25) is 9.59 Å². The van der Waals surface area contributed by atoms with E-state index in [1.807, 2.05) is 17.0 Å². The number of anilines is 1. The van der Waals surface area contributed by atoms with E-state index in [1.165, 1.54) is 5.56 Å². The zero-order valence-corrected chi connectivity index (χ0v) is 16.7. The Hall–Kier alpha value is -1.59. The monoisotopic (exact) mass is 379 g/mol. The molecule has 1 aromatic carbocycles. The summed E-state index contributed by atoms with van der Waals surface area (Å²) in [7, 11) is 0. The molecule has 0 aromatic heterocycles. The predicted octanol–water partition coefficient (Wildman–Crippen LogP) is 2.78. The summed E-state index contributed by atoms with van der Waals surface area (Å²) >= 11 is 0. The Balaban J connectivity index is 0.00000243. The van der Waals surface area contributed by atoms with Gasteiger partial charge < -0.3 is 15.5 Å². The number of rotatable bonds is 4. The highest BCUT2D eigenvalue weighted by molar-refractivity contribution is 6.09. The number of nitrogens with zero attached hydrogens (tertiary/aromatic N) is 2. The molecule has 2 aliphatic heterocycles. The largest absolute Gasteiger partial charge is 0.341 e. The molecule has 2 aliphatic rings. The first-order chi connectivity index (χ1) is 11.8. The van der Waals surface area contributed by atoms with Crippen LogP contribution in [0.5, 0.6) is 0 Å². The number of carbonyl (C=O) groups excluding carboxylic acids is 2. The maximum atomic E-state index is 12.8. The van der Waals surface area contributed by atoms with Crippen LogP contribution >= 0.6 is 12.4 Å². The van der Waals surface area contributed by atoms with Crippen LogP contribution in [0.25, 0.3) is 0 Å². The molecule has 0 bridgehead atoms. The van der Waals surface area contributed by atoms with Gasteiger partial charge in [-0.05, 0) is 48.4 Å². The van der Waals surface area contributed by atoms with Crippen LogP contribution in [0, 0.1) is 11.3 Å². The van der Waals surface area contributed by atoms with Crippen LogP contribution in [0.4, 0.5) is 5.69 Å². The summed E-state index contributed by atoms with van der Waals surface area (Å²) in [5, 5.41) is 0. The minimum absolute atomic E-state index is 0. The van der Waals surface area contributed by atoms with E-state index in [0.29, 0.717) is 38.5 Å². The van der Waals surface area contributed by atoms with Gasteiger partial charge in [-0.2, -0.15) is 0 Å². The quantitative estimate of drug-likeness (QED) is 0.818. The number of benzene rings is 1. The number of nitrogens with two attached hydrogens (primary N) is 1. The summed E-state index contributed by atoms with van der Waals surface area (Å²) < 4.78 is 0. The van der Waals surface area contributed by atoms with E-state index < -0.39 is 5.92 Å². The molecule has 2 unspecified atom stereocenters. The van der Waals surface area contributed by atoms with E-state index in [4.69, 9.17) is 5.73 Å². The van der Waals surface area contributed by atoms with Crippen LogP contribution in [-0.4, -0.2) is 42.9 Å². The molecule has 26 heavy (non-hydrogen) atoms. The Morgan fingerprint density at radius 1 is 1.27 bits per heavy atom. The van der Waals surface area contributed by atoms with E-state index in [-0.39, 0.29) is 29.6 Å². The van der Waals surface area contributed by atoms with Crippen LogP contribution in [0.3, 0.4) is 0 Å². The lowest BCUT2D eigenvalue weighted by molar-refractivity contribution is -0.139. The molecular weight excluding hydrogens is 350 g/mol. The fourth-order valence-electron chi connectivity index (χ4n) is 3.80. The normalized spacial score (nSPS) is 25.7. The Bertz CT molecular complexity index is 662. The Morgan fingerprint density at radius 3 is 2.46 bits per heavy atom. The number of likely N-dealkylation sites (tertiary alicyclic amines) is 1. The van der Waals surface area contributed by atoms with E-state index in [2.05, 4.69) is 32.9 Å². The summed E-state index contributed by atoms with van der Waals surface area (Å²) in [5.41, 5.74) is 7.96. The zero-order valence-electron chi connectivity index (χ0n) is 15.9. The molecule has 0 spiro atoms. The van der Waals surface area contributed by atoms with Crippen molar-refractivity contribution in [3.05, 3.63) is 29.8 Å². The van der Waals surface area contributed by atoms with Gasteiger partial charge in [0.05, 0.1) is 0 Å². The van der Waals surface area contributed by atoms with Gasteiger partial charge in [0.1, 0.15) is 5.92 Å². The van der Waals surface area contributed by atoms with Gasteiger partial charge in [0, 0.05) is 25.3 Å². The predicted molar refractivity (Wildman–Crippen MR) is 107 cm³/mol. The van der Waals surface area contributed by atoms with Crippen molar-refractivity contribution in [2.75, 3.05) is 31.1 Å². The molecule has 5 nitrogen and oxygen atoms in total. The van der Waals surface area contributed by atoms with Gasteiger partial charge in [-0.15, -0.1) is 12.4 Å². The molecule has 2 amide bonds. The third kappa shape index (κ3) is 3.89. The highest BCUT2D eigenvalue weighted by Crippen LogP contribution is 2.32. The van der Waals surface area contributed by atoms with Gasteiger partial charge in [0.25, 0.3) is 0 Å². The molecule has 0 saturated carbocycles. The van der Waals surface area contributed by atoms with Crippen molar-refractivity contribution in [2.24, 2.45) is 17.1 Å². The molecule has 0 radical (unpaired) electrons. The van der Waals surface area contributed by atoms with Crippen molar-refractivity contribution in [3.63, 3.8) is 0 Å². The zero-order chi connectivity index (χ0) is 18.2. The lowest BCUT2D eigenvalue weighted by atomic mass is 9.90. The van der Waals surface area contributed by atoms with Crippen LogP contribution in [0.15, 0.2) is 24.3 Å². The summed E-state index contributed by atoms with van der Waals surface area (Å²) in [5.74, 6) is -0.165. The fraction of sp³-hybridized carbons (Fsp3) is 0.600. The first-order valence-electron chi connectivity index (χ1n) is 9.25. The second-order valence-electron chi connectivity index (χ2n) is 8.10. The molecule has 1 aromatic rings.